The SMILES string of the molecule is Cc1ccc(CN2CC(C(=O)Nc3cccc(N4CCCC4=O)c3)CC2=O)cc1. The van der Waals surface area contributed by atoms with Crippen molar-refractivity contribution in [3.8, 4) is 0 Å². The molecule has 0 saturated carbocycles. The Morgan fingerprint density at radius 3 is 2.62 bits per heavy atom. The number of aryl methyl sites for hydroxylation is 1. The van der Waals surface area contributed by atoms with E-state index in [4.69, 9.17) is 0 Å². The van der Waals surface area contributed by atoms with Crippen LogP contribution in [0.25, 0.3) is 0 Å². The summed E-state index contributed by atoms with van der Waals surface area (Å²) in [6.45, 7) is 3.68. The van der Waals surface area contributed by atoms with Crippen molar-refractivity contribution >= 4 is 29.1 Å². The predicted molar refractivity (Wildman–Crippen MR) is 111 cm³/mol. The number of carbonyl (C=O) groups excluding carboxylic acids is 3. The van der Waals surface area contributed by atoms with Gasteiger partial charge in [-0.15, -0.1) is 0 Å². The van der Waals surface area contributed by atoms with Crippen molar-refractivity contribution in [3.63, 3.8) is 0 Å². The Balaban J connectivity index is 1.38. The highest BCUT2D eigenvalue weighted by molar-refractivity contribution is 5.99. The monoisotopic (exact) mass is 391 g/mol. The molecule has 6 heteroatoms. The Morgan fingerprint density at radius 2 is 1.90 bits per heavy atom. The Labute approximate surface area is 170 Å². The van der Waals surface area contributed by atoms with Crippen LogP contribution in [0.3, 0.4) is 0 Å². The molecule has 1 atom stereocenters. The number of amides is 3. The number of hydrogen-bond acceptors (Lipinski definition) is 3. The van der Waals surface area contributed by atoms with E-state index in [0.29, 0.717) is 31.7 Å². The lowest BCUT2D eigenvalue weighted by Gasteiger charge is -2.18. The number of likely N-dealkylation sites (tertiary alicyclic amines) is 1. The van der Waals surface area contributed by atoms with Gasteiger partial charge >= 0.3 is 0 Å². The molecule has 2 saturated heterocycles. The van der Waals surface area contributed by atoms with Crippen LogP contribution in [0.2, 0.25) is 0 Å². The molecule has 0 bridgehead atoms. The summed E-state index contributed by atoms with van der Waals surface area (Å²) >= 11 is 0. The van der Waals surface area contributed by atoms with Crippen LogP contribution < -0.4 is 10.2 Å². The highest BCUT2D eigenvalue weighted by Crippen LogP contribution is 2.26. The van der Waals surface area contributed by atoms with Crippen LogP contribution in [0.5, 0.6) is 0 Å². The number of nitrogens with one attached hydrogen (secondary N) is 1. The molecule has 150 valence electrons. The first-order valence-electron chi connectivity index (χ1n) is 10.0. The van der Waals surface area contributed by atoms with Gasteiger partial charge in [-0.2, -0.15) is 0 Å². The standard InChI is InChI=1S/C23H25N3O3/c1-16-7-9-17(10-8-16)14-25-15-18(12-22(25)28)23(29)24-19-4-2-5-20(13-19)26-11-3-6-21(26)27/h2,4-5,7-10,13,18H,3,6,11-12,14-15H2,1H3,(H,24,29). The third-order valence-corrected chi connectivity index (χ3v) is 5.58. The van der Waals surface area contributed by atoms with Crippen LogP contribution >= 0.6 is 0 Å². The Kier molecular flexibility index (Phi) is 5.34. The van der Waals surface area contributed by atoms with E-state index in [9.17, 15) is 14.4 Å². The summed E-state index contributed by atoms with van der Waals surface area (Å²) in [6.07, 6.45) is 1.65. The zero-order valence-corrected chi connectivity index (χ0v) is 16.6. The highest BCUT2D eigenvalue weighted by Gasteiger charge is 2.34. The van der Waals surface area contributed by atoms with E-state index in [1.165, 1.54) is 5.56 Å². The van der Waals surface area contributed by atoms with Crippen molar-refractivity contribution in [1.29, 1.82) is 0 Å². The van der Waals surface area contributed by atoms with Gasteiger partial charge in [-0.25, -0.2) is 0 Å². The molecule has 2 aromatic rings. The van der Waals surface area contributed by atoms with E-state index in [1.807, 2.05) is 55.5 Å². The van der Waals surface area contributed by atoms with Crippen LogP contribution in [0.15, 0.2) is 48.5 Å². The van der Waals surface area contributed by atoms with Gasteiger partial charge in [0.1, 0.15) is 0 Å². The second-order valence-electron chi connectivity index (χ2n) is 7.85. The van der Waals surface area contributed by atoms with E-state index in [2.05, 4.69) is 5.32 Å². The van der Waals surface area contributed by atoms with Gasteiger partial charge in [0, 0.05) is 43.9 Å². The minimum atomic E-state index is -0.370. The lowest BCUT2D eigenvalue weighted by molar-refractivity contribution is -0.128. The molecule has 2 aliphatic heterocycles. The van der Waals surface area contributed by atoms with Gasteiger partial charge in [-0.1, -0.05) is 35.9 Å². The van der Waals surface area contributed by atoms with E-state index < -0.39 is 0 Å². The summed E-state index contributed by atoms with van der Waals surface area (Å²) in [4.78, 5) is 40.6. The molecular formula is C23H25N3O3. The van der Waals surface area contributed by atoms with Crippen molar-refractivity contribution in [3.05, 3.63) is 59.7 Å². The van der Waals surface area contributed by atoms with Crippen LogP contribution in [-0.4, -0.2) is 35.7 Å². The summed E-state index contributed by atoms with van der Waals surface area (Å²) in [7, 11) is 0. The summed E-state index contributed by atoms with van der Waals surface area (Å²) in [5, 5.41) is 2.92. The van der Waals surface area contributed by atoms with Crippen molar-refractivity contribution in [2.45, 2.75) is 32.7 Å². The number of hydrogen-bond donors (Lipinski definition) is 1. The van der Waals surface area contributed by atoms with E-state index in [1.54, 1.807) is 9.80 Å². The van der Waals surface area contributed by atoms with Crippen molar-refractivity contribution in [2.75, 3.05) is 23.3 Å². The summed E-state index contributed by atoms with van der Waals surface area (Å²) in [5.74, 6) is -0.413. The first-order chi connectivity index (χ1) is 14.0. The minimum absolute atomic E-state index is 0.00198. The highest BCUT2D eigenvalue weighted by atomic mass is 16.2. The van der Waals surface area contributed by atoms with Crippen LogP contribution in [-0.2, 0) is 20.9 Å². The second-order valence-corrected chi connectivity index (χ2v) is 7.85. The third kappa shape index (κ3) is 4.31. The molecule has 2 aromatic carbocycles. The Morgan fingerprint density at radius 1 is 1.10 bits per heavy atom. The quantitative estimate of drug-likeness (QED) is 0.851. The van der Waals surface area contributed by atoms with Gasteiger partial charge < -0.3 is 15.1 Å². The van der Waals surface area contributed by atoms with Crippen LogP contribution in [0, 0.1) is 12.8 Å². The van der Waals surface area contributed by atoms with Gasteiger partial charge in [-0.05, 0) is 37.1 Å². The molecule has 0 radical (unpaired) electrons. The number of anilines is 2. The number of rotatable bonds is 5. The van der Waals surface area contributed by atoms with Crippen molar-refractivity contribution in [1.82, 2.24) is 4.90 Å². The maximum atomic E-state index is 12.7. The molecule has 1 unspecified atom stereocenters. The van der Waals surface area contributed by atoms with Gasteiger partial charge in [0.25, 0.3) is 0 Å². The lowest BCUT2D eigenvalue weighted by atomic mass is 10.1. The van der Waals surface area contributed by atoms with Crippen LogP contribution in [0.4, 0.5) is 11.4 Å². The fraction of sp³-hybridized carbons (Fsp3) is 0.348. The molecule has 6 nitrogen and oxygen atoms in total. The third-order valence-electron chi connectivity index (χ3n) is 5.58. The van der Waals surface area contributed by atoms with E-state index >= 15 is 0 Å². The average molecular weight is 391 g/mol. The first kappa shape index (κ1) is 19.2. The molecule has 3 amide bonds. The molecular weight excluding hydrogens is 366 g/mol. The molecule has 29 heavy (non-hydrogen) atoms. The largest absolute Gasteiger partial charge is 0.338 e. The van der Waals surface area contributed by atoms with E-state index in [-0.39, 0.29) is 30.1 Å². The molecule has 2 fully saturated rings. The Hall–Kier alpha value is -3.15. The normalized spacial score (nSPS) is 19.1. The van der Waals surface area contributed by atoms with E-state index in [0.717, 1.165) is 17.7 Å². The second kappa shape index (κ2) is 8.07. The van der Waals surface area contributed by atoms with Crippen molar-refractivity contribution < 1.29 is 14.4 Å². The van der Waals surface area contributed by atoms with Gasteiger partial charge in [0.05, 0.1) is 5.92 Å². The fourth-order valence-corrected chi connectivity index (χ4v) is 3.93. The summed E-state index contributed by atoms with van der Waals surface area (Å²) in [5.41, 5.74) is 3.69. The summed E-state index contributed by atoms with van der Waals surface area (Å²) in [6, 6.07) is 15.4. The topological polar surface area (TPSA) is 69.7 Å². The molecule has 0 aliphatic carbocycles. The van der Waals surface area contributed by atoms with Crippen LogP contribution in [0.1, 0.15) is 30.4 Å². The first-order valence-corrected chi connectivity index (χ1v) is 10.0. The lowest BCUT2D eigenvalue weighted by Crippen LogP contribution is -2.28. The molecule has 2 aliphatic rings. The predicted octanol–water partition coefficient (Wildman–Crippen LogP) is 3.11. The fourth-order valence-electron chi connectivity index (χ4n) is 3.93. The smallest absolute Gasteiger partial charge is 0.229 e. The number of benzene rings is 2. The minimum Gasteiger partial charge on any atom is -0.338 e. The number of carbonyl (C=O) groups is 3. The molecule has 1 N–H and O–H groups in total. The average Bonchev–Trinajstić information content (AvgIpc) is 3.30. The van der Waals surface area contributed by atoms with Gasteiger partial charge in [0.2, 0.25) is 17.7 Å². The number of nitrogens with zero attached hydrogens (tertiary/aromatic N) is 2. The zero-order chi connectivity index (χ0) is 20.4. The molecule has 2 heterocycles. The maximum absolute atomic E-state index is 12.7. The molecule has 0 spiro atoms. The molecule has 4 rings (SSSR count). The zero-order valence-electron chi connectivity index (χ0n) is 16.6. The maximum Gasteiger partial charge on any atom is 0.229 e. The van der Waals surface area contributed by atoms with Crippen molar-refractivity contribution in [2.24, 2.45) is 5.92 Å². The molecule has 0 aromatic heterocycles. The Bertz CT molecular complexity index is 939. The van der Waals surface area contributed by atoms with Gasteiger partial charge in [0.15, 0.2) is 0 Å². The van der Waals surface area contributed by atoms with Gasteiger partial charge in [-0.3, -0.25) is 14.4 Å². The summed E-state index contributed by atoms with van der Waals surface area (Å²) < 4.78 is 0.